The van der Waals surface area contributed by atoms with E-state index in [4.69, 9.17) is 4.74 Å². The van der Waals surface area contributed by atoms with Crippen molar-refractivity contribution in [3.63, 3.8) is 0 Å². The summed E-state index contributed by atoms with van der Waals surface area (Å²) in [6.45, 7) is 5.84. The number of nitrogens with zero attached hydrogens (tertiary/aromatic N) is 1. The average Bonchev–Trinajstić information content (AvgIpc) is 2.27. The highest BCUT2D eigenvalue weighted by molar-refractivity contribution is 5.31. The zero-order chi connectivity index (χ0) is 11.5. The van der Waals surface area contributed by atoms with Gasteiger partial charge in [0.2, 0.25) is 0 Å². The zero-order valence-electron chi connectivity index (χ0n) is 9.82. The molecule has 3 nitrogen and oxygen atoms in total. The molecule has 15 heavy (non-hydrogen) atoms. The fraction of sp³-hybridized carbons (Fsp3) is 0.583. The van der Waals surface area contributed by atoms with Crippen LogP contribution in [-0.4, -0.2) is 17.2 Å². The number of aromatic nitrogens is 1. The molecule has 84 valence electrons. The number of hydrogen-bond acceptors (Lipinski definition) is 3. The molecule has 0 aromatic carbocycles. The van der Waals surface area contributed by atoms with Crippen molar-refractivity contribution in [3.05, 3.63) is 24.0 Å². The molecule has 0 saturated carbocycles. The SMILES string of the molecule is CCC(C)C(C)(O)c1ncccc1OC. The van der Waals surface area contributed by atoms with Gasteiger partial charge in [-0.15, -0.1) is 0 Å². The number of rotatable bonds is 4. The van der Waals surface area contributed by atoms with Crippen molar-refractivity contribution < 1.29 is 9.84 Å². The molecule has 1 aromatic rings. The van der Waals surface area contributed by atoms with Gasteiger partial charge in [-0.25, -0.2) is 0 Å². The fourth-order valence-corrected chi connectivity index (χ4v) is 1.57. The van der Waals surface area contributed by atoms with E-state index in [1.165, 1.54) is 0 Å². The number of aliphatic hydroxyl groups is 1. The fourth-order valence-electron chi connectivity index (χ4n) is 1.57. The molecular weight excluding hydrogens is 190 g/mol. The maximum Gasteiger partial charge on any atom is 0.143 e. The first-order valence-electron chi connectivity index (χ1n) is 5.25. The monoisotopic (exact) mass is 209 g/mol. The maximum absolute atomic E-state index is 10.4. The summed E-state index contributed by atoms with van der Waals surface area (Å²) in [7, 11) is 1.59. The lowest BCUT2D eigenvalue weighted by atomic mass is 9.85. The van der Waals surface area contributed by atoms with Gasteiger partial charge in [-0.3, -0.25) is 4.98 Å². The Hall–Kier alpha value is -1.09. The molecule has 1 rings (SSSR count). The van der Waals surface area contributed by atoms with Crippen molar-refractivity contribution in [3.8, 4) is 5.75 Å². The lowest BCUT2D eigenvalue weighted by Gasteiger charge is -2.30. The number of ether oxygens (including phenoxy) is 1. The Labute approximate surface area is 91.1 Å². The van der Waals surface area contributed by atoms with Crippen LogP contribution in [-0.2, 0) is 5.60 Å². The lowest BCUT2D eigenvalue weighted by Crippen LogP contribution is -2.31. The van der Waals surface area contributed by atoms with Crippen LogP contribution in [0.15, 0.2) is 18.3 Å². The smallest absolute Gasteiger partial charge is 0.143 e. The summed E-state index contributed by atoms with van der Waals surface area (Å²) in [6.07, 6.45) is 2.57. The first-order valence-corrected chi connectivity index (χ1v) is 5.25. The summed E-state index contributed by atoms with van der Waals surface area (Å²) in [5, 5.41) is 10.4. The Kier molecular flexibility index (Phi) is 3.69. The van der Waals surface area contributed by atoms with Gasteiger partial charge < -0.3 is 9.84 Å². The minimum absolute atomic E-state index is 0.140. The summed E-state index contributed by atoms with van der Waals surface area (Å²) in [5.74, 6) is 0.782. The van der Waals surface area contributed by atoms with Gasteiger partial charge in [0.1, 0.15) is 17.0 Å². The summed E-state index contributed by atoms with van der Waals surface area (Å²) in [5.41, 5.74) is -0.330. The molecule has 3 heteroatoms. The summed E-state index contributed by atoms with van der Waals surface area (Å²) in [4.78, 5) is 4.22. The normalized spacial score (nSPS) is 16.9. The average molecular weight is 209 g/mol. The second-order valence-corrected chi connectivity index (χ2v) is 4.01. The first kappa shape index (κ1) is 12.0. The van der Waals surface area contributed by atoms with E-state index >= 15 is 0 Å². The van der Waals surface area contributed by atoms with E-state index in [-0.39, 0.29) is 5.92 Å². The van der Waals surface area contributed by atoms with E-state index in [0.29, 0.717) is 11.4 Å². The summed E-state index contributed by atoms with van der Waals surface area (Å²) < 4.78 is 5.20. The van der Waals surface area contributed by atoms with Gasteiger partial charge in [0.25, 0.3) is 0 Å². The molecule has 0 saturated heterocycles. The molecule has 0 fully saturated rings. The standard InChI is InChI=1S/C12H19NO2/c1-5-9(2)12(3,14)11-10(15-4)7-6-8-13-11/h6-9,14H,5H2,1-4H3. The summed E-state index contributed by atoms with van der Waals surface area (Å²) >= 11 is 0. The van der Waals surface area contributed by atoms with Gasteiger partial charge in [0.15, 0.2) is 0 Å². The number of pyridine rings is 1. The second kappa shape index (κ2) is 4.62. The van der Waals surface area contributed by atoms with E-state index in [2.05, 4.69) is 11.9 Å². The van der Waals surface area contributed by atoms with Gasteiger partial charge >= 0.3 is 0 Å². The first-order chi connectivity index (χ1) is 7.04. The van der Waals surface area contributed by atoms with Gasteiger partial charge in [-0.1, -0.05) is 20.3 Å². The molecule has 0 aliphatic heterocycles. The van der Waals surface area contributed by atoms with Crippen molar-refractivity contribution >= 4 is 0 Å². The van der Waals surface area contributed by atoms with Crippen molar-refractivity contribution in [2.45, 2.75) is 32.8 Å². The molecule has 0 aliphatic carbocycles. The third-order valence-corrected chi connectivity index (χ3v) is 3.04. The Morgan fingerprint density at radius 3 is 2.80 bits per heavy atom. The topological polar surface area (TPSA) is 42.4 Å². The predicted molar refractivity (Wildman–Crippen MR) is 59.8 cm³/mol. The van der Waals surface area contributed by atoms with Crippen LogP contribution in [0.5, 0.6) is 5.75 Å². The van der Waals surface area contributed by atoms with E-state index in [1.807, 2.05) is 13.0 Å². The summed E-state index contributed by atoms with van der Waals surface area (Å²) in [6, 6.07) is 3.62. The van der Waals surface area contributed by atoms with Gasteiger partial charge in [0, 0.05) is 6.20 Å². The zero-order valence-corrected chi connectivity index (χ0v) is 9.82. The molecule has 1 aromatic heterocycles. The van der Waals surface area contributed by atoms with Crippen LogP contribution < -0.4 is 4.74 Å². The molecule has 0 spiro atoms. The third-order valence-electron chi connectivity index (χ3n) is 3.04. The predicted octanol–water partition coefficient (Wildman–Crippen LogP) is 2.34. The van der Waals surface area contributed by atoms with Crippen LogP contribution in [0.25, 0.3) is 0 Å². The van der Waals surface area contributed by atoms with Crippen LogP contribution >= 0.6 is 0 Å². The van der Waals surface area contributed by atoms with Gasteiger partial charge in [-0.2, -0.15) is 0 Å². The van der Waals surface area contributed by atoms with Crippen molar-refractivity contribution in [2.24, 2.45) is 5.92 Å². The largest absolute Gasteiger partial charge is 0.495 e. The molecule has 0 radical (unpaired) electrons. The van der Waals surface area contributed by atoms with Crippen LogP contribution in [0, 0.1) is 5.92 Å². The van der Waals surface area contributed by atoms with E-state index in [1.54, 1.807) is 26.3 Å². The molecule has 2 atom stereocenters. The number of methoxy groups -OCH3 is 1. The molecule has 0 aliphatic rings. The minimum atomic E-state index is -0.943. The quantitative estimate of drug-likeness (QED) is 0.827. The van der Waals surface area contributed by atoms with Crippen LogP contribution in [0.3, 0.4) is 0 Å². The van der Waals surface area contributed by atoms with Gasteiger partial charge in [0.05, 0.1) is 7.11 Å². The molecule has 0 bridgehead atoms. The van der Waals surface area contributed by atoms with E-state index < -0.39 is 5.60 Å². The van der Waals surface area contributed by atoms with Crippen LogP contribution in [0.2, 0.25) is 0 Å². The molecule has 1 N–H and O–H groups in total. The highest BCUT2D eigenvalue weighted by Crippen LogP contribution is 2.34. The van der Waals surface area contributed by atoms with E-state index in [0.717, 1.165) is 6.42 Å². The van der Waals surface area contributed by atoms with Crippen LogP contribution in [0.4, 0.5) is 0 Å². The highest BCUT2D eigenvalue weighted by atomic mass is 16.5. The number of hydrogen-bond donors (Lipinski definition) is 1. The Bertz CT molecular complexity index is 323. The highest BCUT2D eigenvalue weighted by Gasteiger charge is 2.33. The molecule has 1 heterocycles. The molecule has 0 amide bonds. The second-order valence-electron chi connectivity index (χ2n) is 4.01. The third kappa shape index (κ3) is 2.29. The van der Waals surface area contributed by atoms with Crippen molar-refractivity contribution in [1.82, 2.24) is 4.98 Å². The molecule has 2 unspecified atom stereocenters. The van der Waals surface area contributed by atoms with Crippen LogP contribution in [0.1, 0.15) is 32.9 Å². The Morgan fingerprint density at radius 1 is 1.60 bits per heavy atom. The van der Waals surface area contributed by atoms with Crippen molar-refractivity contribution in [1.29, 1.82) is 0 Å². The lowest BCUT2D eigenvalue weighted by molar-refractivity contribution is -0.00615. The molecular formula is C12H19NO2. The van der Waals surface area contributed by atoms with Crippen molar-refractivity contribution in [2.75, 3.05) is 7.11 Å². The Balaban J connectivity index is 3.13. The minimum Gasteiger partial charge on any atom is -0.495 e. The van der Waals surface area contributed by atoms with Gasteiger partial charge in [-0.05, 0) is 25.0 Å². The van der Waals surface area contributed by atoms with E-state index in [9.17, 15) is 5.11 Å². The Morgan fingerprint density at radius 2 is 2.27 bits per heavy atom. The maximum atomic E-state index is 10.4.